The zero-order valence-electron chi connectivity index (χ0n) is 30.1. The molecule has 0 heterocycles. The summed E-state index contributed by atoms with van der Waals surface area (Å²) in [5.74, 6) is -0.601. The molecule has 0 bridgehead atoms. The highest BCUT2D eigenvalue weighted by atomic mass is 16.6. The number of ether oxygens (including phenoxy) is 2. The number of esters is 2. The first-order valence-electron chi connectivity index (χ1n) is 19.2. The predicted octanol–water partition coefficient (Wildman–Crippen LogP) is 11.8. The first-order valence-corrected chi connectivity index (χ1v) is 19.2. The summed E-state index contributed by atoms with van der Waals surface area (Å²) in [6.07, 6.45) is 45.8. The van der Waals surface area contributed by atoms with Gasteiger partial charge in [-0.05, 0) is 77.0 Å². The molecule has 5 heteroatoms. The quantitative estimate of drug-likeness (QED) is 0.0429. The zero-order chi connectivity index (χ0) is 33.6. The molecule has 0 aliphatic rings. The topological polar surface area (TPSA) is 72.8 Å². The monoisotopic (exact) mass is 645 g/mol. The molecule has 0 aliphatic heterocycles. The number of rotatable bonds is 34. The Kier molecular flexibility index (Phi) is 35.6. The summed E-state index contributed by atoms with van der Waals surface area (Å²) in [6, 6.07) is 0. The van der Waals surface area contributed by atoms with E-state index in [9.17, 15) is 14.7 Å². The summed E-state index contributed by atoms with van der Waals surface area (Å²) in [7, 11) is 0. The zero-order valence-corrected chi connectivity index (χ0v) is 30.1. The number of unbranched alkanes of at least 4 members (excludes halogenated alkanes) is 18. The van der Waals surface area contributed by atoms with Gasteiger partial charge in [-0.2, -0.15) is 0 Å². The van der Waals surface area contributed by atoms with Gasteiger partial charge in [0.1, 0.15) is 19.3 Å². The molecule has 266 valence electrons. The third-order valence-corrected chi connectivity index (χ3v) is 8.04. The van der Waals surface area contributed by atoms with Gasteiger partial charge in [-0.3, -0.25) is 9.59 Å². The minimum absolute atomic E-state index is 0.128. The molecule has 46 heavy (non-hydrogen) atoms. The van der Waals surface area contributed by atoms with Gasteiger partial charge < -0.3 is 14.6 Å². The van der Waals surface area contributed by atoms with Gasteiger partial charge >= 0.3 is 11.9 Å². The first kappa shape index (κ1) is 43.9. The molecule has 0 amide bonds. The third-order valence-electron chi connectivity index (χ3n) is 8.04. The van der Waals surface area contributed by atoms with E-state index in [0.29, 0.717) is 12.8 Å². The van der Waals surface area contributed by atoms with Crippen LogP contribution in [0.1, 0.15) is 181 Å². The van der Waals surface area contributed by atoms with Crippen molar-refractivity contribution in [2.75, 3.05) is 13.2 Å². The molecule has 0 saturated carbocycles. The average molecular weight is 645 g/mol. The lowest BCUT2D eigenvalue weighted by atomic mass is 10.1. The van der Waals surface area contributed by atoms with E-state index in [1.807, 2.05) is 0 Å². The van der Waals surface area contributed by atoms with Crippen LogP contribution in [0.4, 0.5) is 0 Å². The molecule has 0 fully saturated rings. The Morgan fingerprint density at radius 2 is 0.761 bits per heavy atom. The number of carbonyl (C=O) groups excluding carboxylic acids is 2. The minimum atomic E-state index is -0.976. The Morgan fingerprint density at radius 1 is 0.457 bits per heavy atom. The van der Waals surface area contributed by atoms with Gasteiger partial charge in [0.15, 0.2) is 0 Å². The van der Waals surface area contributed by atoms with Crippen LogP contribution < -0.4 is 0 Å². The lowest BCUT2D eigenvalue weighted by molar-refractivity contribution is -0.152. The number of hydrogen-bond acceptors (Lipinski definition) is 5. The number of aliphatic hydroxyl groups is 1. The molecule has 0 saturated heterocycles. The molecule has 0 radical (unpaired) electrons. The minimum Gasteiger partial charge on any atom is -0.463 e. The van der Waals surface area contributed by atoms with Gasteiger partial charge in [-0.25, -0.2) is 0 Å². The van der Waals surface area contributed by atoms with Gasteiger partial charge in [-0.15, -0.1) is 0 Å². The fraction of sp³-hybridized carbons (Fsp3) is 0.756. The maximum Gasteiger partial charge on any atom is 0.305 e. The highest BCUT2D eigenvalue weighted by Gasteiger charge is 2.12. The largest absolute Gasteiger partial charge is 0.463 e. The predicted molar refractivity (Wildman–Crippen MR) is 196 cm³/mol. The highest BCUT2D eigenvalue weighted by molar-refractivity contribution is 5.69. The molecule has 0 rings (SSSR count). The van der Waals surface area contributed by atoms with Gasteiger partial charge in [0, 0.05) is 12.8 Å². The fourth-order valence-corrected chi connectivity index (χ4v) is 5.09. The average Bonchev–Trinajstić information content (AvgIpc) is 3.06. The van der Waals surface area contributed by atoms with Crippen molar-refractivity contribution in [2.24, 2.45) is 0 Å². The van der Waals surface area contributed by atoms with Crippen molar-refractivity contribution in [1.29, 1.82) is 0 Å². The number of hydrogen-bond donors (Lipinski definition) is 1. The van der Waals surface area contributed by atoms with Crippen LogP contribution in [0.5, 0.6) is 0 Å². The summed E-state index contributed by atoms with van der Waals surface area (Å²) in [5.41, 5.74) is 0. The Bertz CT molecular complexity index is 782. The second-order valence-electron chi connectivity index (χ2n) is 12.7. The molecule has 0 aromatic rings. The van der Waals surface area contributed by atoms with Crippen molar-refractivity contribution in [3.63, 3.8) is 0 Å². The van der Waals surface area contributed by atoms with Crippen LogP contribution in [0, 0.1) is 0 Å². The Hall–Kier alpha value is -2.14. The molecule has 0 unspecified atom stereocenters. The normalized spacial score (nSPS) is 12.7. The third kappa shape index (κ3) is 36.3. The van der Waals surface area contributed by atoms with E-state index >= 15 is 0 Å². The maximum atomic E-state index is 11.9. The van der Waals surface area contributed by atoms with Gasteiger partial charge in [0.05, 0.1) is 0 Å². The van der Waals surface area contributed by atoms with Gasteiger partial charge in [-0.1, -0.05) is 140 Å². The van der Waals surface area contributed by atoms with Crippen LogP contribution in [0.25, 0.3) is 0 Å². The van der Waals surface area contributed by atoms with Crippen molar-refractivity contribution in [3.05, 3.63) is 48.6 Å². The Balaban J connectivity index is 3.51. The SMILES string of the molecule is CCCCC/C=C\C/C=C\C/C=C\CCCCCCC(=O)OC[C@H](O)COC(=O)CCCCCCC/C=C\CCCCCCCC. The summed E-state index contributed by atoms with van der Waals surface area (Å²) in [4.78, 5) is 23.9. The van der Waals surface area contributed by atoms with E-state index in [1.54, 1.807) is 0 Å². The van der Waals surface area contributed by atoms with Crippen molar-refractivity contribution in [3.8, 4) is 0 Å². The molecule has 5 nitrogen and oxygen atoms in total. The second-order valence-corrected chi connectivity index (χ2v) is 12.7. The molecule has 1 N–H and O–H groups in total. The van der Waals surface area contributed by atoms with Crippen LogP contribution >= 0.6 is 0 Å². The molecule has 0 aliphatic carbocycles. The standard InChI is InChI=1S/C41H72O5/c1-3-5-7-9-11-13-15-17-19-20-22-24-26-28-30-32-34-36-41(44)46-38-39(42)37-45-40(43)35-33-31-29-27-25-23-21-18-16-14-12-10-8-6-4-2/h11,13,17-19,21-22,24,39,42H,3-10,12,14-16,20,23,25-38H2,1-2H3/b13-11-,19-17-,21-18-,24-22-/t39-/m1/s1. The highest BCUT2D eigenvalue weighted by Crippen LogP contribution is 2.11. The summed E-state index contributed by atoms with van der Waals surface area (Å²) in [6.45, 7) is 4.23. The molecule has 0 aromatic heterocycles. The maximum absolute atomic E-state index is 11.9. The van der Waals surface area contributed by atoms with Crippen molar-refractivity contribution >= 4 is 11.9 Å². The van der Waals surface area contributed by atoms with Gasteiger partial charge in [0.2, 0.25) is 0 Å². The van der Waals surface area contributed by atoms with Crippen LogP contribution in [-0.2, 0) is 19.1 Å². The van der Waals surface area contributed by atoms with Crippen molar-refractivity contribution < 1.29 is 24.2 Å². The number of carbonyl (C=O) groups is 2. The van der Waals surface area contributed by atoms with Crippen LogP contribution in [-0.4, -0.2) is 36.4 Å². The van der Waals surface area contributed by atoms with E-state index < -0.39 is 6.10 Å². The molecule has 0 spiro atoms. The summed E-state index contributed by atoms with van der Waals surface area (Å²) in [5, 5.41) is 10.00. The van der Waals surface area contributed by atoms with E-state index in [0.717, 1.165) is 70.6 Å². The van der Waals surface area contributed by atoms with Crippen LogP contribution in [0.15, 0.2) is 48.6 Å². The van der Waals surface area contributed by atoms with Crippen LogP contribution in [0.3, 0.4) is 0 Å². The molecule has 1 atom stereocenters. The lowest BCUT2D eigenvalue weighted by Gasteiger charge is -2.12. The van der Waals surface area contributed by atoms with Crippen molar-refractivity contribution in [1.82, 2.24) is 0 Å². The first-order chi connectivity index (χ1) is 22.6. The second kappa shape index (κ2) is 37.3. The number of allylic oxidation sites excluding steroid dienone is 8. The van der Waals surface area contributed by atoms with Crippen LogP contribution in [0.2, 0.25) is 0 Å². The van der Waals surface area contributed by atoms with Gasteiger partial charge in [0.25, 0.3) is 0 Å². The summed E-state index contributed by atoms with van der Waals surface area (Å²) < 4.78 is 10.3. The Morgan fingerprint density at radius 3 is 1.20 bits per heavy atom. The molecular weight excluding hydrogens is 572 g/mol. The van der Waals surface area contributed by atoms with E-state index in [2.05, 4.69) is 62.5 Å². The van der Waals surface area contributed by atoms with E-state index in [-0.39, 0.29) is 25.2 Å². The lowest BCUT2D eigenvalue weighted by Crippen LogP contribution is -2.25. The Labute approximate surface area is 284 Å². The number of aliphatic hydroxyl groups excluding tert-OH is 1. The van der Waals surface area contributed by atoms with E-state index in [1.165, 1.54) is 83.5 Å². The molecular formula is C41H72O5. The smallest absolute Gasteiger partial charge is 0.305 e. The molecule has 0 aromatic carbocycles. The van der Waals surface area contributed by atoms with E-state index in [4.69, 9.17) is 9.47 Å². The summed E-state index contributed by atoms with van der Waals surface area (Å²) >= 11 is 0. The fourth-order valence-electron chi connectivity index (χ4n) is 5.09. The van der Waals surface area contributed by atoms with Crippen molar-refractivity contribution in [2.45, 2.75) is 187 Å².